The van der Waals surface area contributed by atoms with Crippen LogP contribution in [0, 0.1) is 5.82 Å². The third-order valence-electron chi connectivity index (χ3n) is 1.79. The van der Waals surface area contributed by atoms with Gasteiger partial charge in [0, 0.05) is 10.6 Å². The highest BCUT2D eigenvalue weighted by Crippen LogP contribution is 2.29. The molecule has 1 aromatic carbocycles. The van der Waals surface area contributed by atoms with Crippen molar-refractivity contribution in [1.29, 1.82) is 0 Å². The van der Waals surface area contributed by atoms with Gasteiger partial charge in [0.15, 0.2) is 0 Å². The van der Waals surface area contributed by atoms with Gasteiger partial charge in [-0.05, 0) is 25.1 Å². The highest BCUT2D eigenvalue weighted by Gasteiger charge is 2.14. The van der Waals surface area contributed by atoms with Crippen LogP contribution in [0.1, 0.15) is 6.92 Å². The number of hydrogen-bond acceptors (Lipinski definition) is 4. The first-order valence-electron chi connectivity index (χ1n) is 4.26. The van der Waals surface area contributed by atoms with Gasteiger partial charge in [0.2, 0.25) is 5.91 Å². The summed E-state index contributed by atoms with van der Waals surface area (Å²) in [7, 11) is 0. The molecule has 1 aromatic rings. The van der Waals surface area contributed by atoms with Gasteiger partial charge in [0.25, 0.3) is 0 Å². The normalized spacial score (nSPS) is 12.2. The highest BCUT2D eigenvalue weighted by molar-refractivity contribution is 8.00. The number of thioether (sulfide) groups is 1. The molecule has 6 heteroatoms. The Kier molecular flexibility index (Phi) is 3.93. The number of amides is 1. The van der Waals surface area contributed by atoms with Gasteiger partial charge < -0.3 is 5.73 Å². The molecular formula is C9H12FN3OS. The maximum absolute atomic E-state index is 12.9. The van der Waals surface area contributed by atoms with Gasteiger partial charge in [0.1, 0.15) is 5.82 Å². The molecule has 0 aliphatic heterocycles. The number of hydrazine groups is 1. The number of carbonyl (C=O) groups is 1. The minimum Gasteiger partial charge on any atom is -0.398 e. The van der Waals surface area contributed by atoms with Crippen molar-refractivity contribution in [2.75, 3.05) is 5.73 Å². The van der Waals surface area contributed by atoms with E-state index in [1.54, 1.807) is 6.92 Å². The van der Waals surface area contributed by atoms with Gasteiger partial charge in [-0.3, -0.25) is 10.2 Å². The van der Waals surface area contributed by atoms with Crippen molar-refractivity contribution >= 4 is 23.4 Å². The van der Waals surface area contributed by atoms with Crippen LogP contribution in [-0.4, -0.2) is 11.2 Å². The van der Waals surface area contributed by atoms with Crippen molar-refractivity contribution in [3.8, 4) is 0 Å². The first kappa shape index (κ1) is 11.8. The molecule has 0 heterocycles. The van der Waals surface area contributed by atoms with Crippen LogP contribution in [0.5, 0.6) is 0 Å². The molecule has 0 aromatic heterocycles. The third kappa shape index (κ3) is 3.10. The number of rotatable bonds is 3. The molecule has 0 aliphatic carbocycles. The van der Waals surface area contributed by atoms with Gasteiger partial charge in [-0.2, -0.15) is 0 Å². The van der Waals surface area contributed by atoms with E-state index in [1.165, 1.54) is 18.2 Å². The smallest absolute Gasteiger partial charge is 0.247 e. The Balaban J connectivity index is 2.80. The van der Waals surface area contributed by atoms with Crippen molar-refractivity contribution in [3.05, 3.63) is 24.0 Å². The zero-order valence-electron chi connectivity index (χ0n) is 8.16. The van der Waals surface area contributed by atoms with Crippen LogP contribution < -0.4 is 17.0 Å². The summed E-state index contributed by atoms with van der Waals surface area (Å²) >= 11 is 1.16. The van der Waals surface area contributed by atoms with Crippen molar-refractivity contribution < 1.29 is 9.18 Å². The standard InChI is InChI=1S/C9H12FN3OS/c1-5(9(14)13-12)15-8-4-6(10)2-3-7(8)11/h2-5H,11-12H2,1H3,(H,13,14). The van der Waals surface area contributed by atoms with Crippen LogP contribution in [-0.2, 0) is 4.79 Å². The average molecular weight is 229 g/mol. The molecule has 15 heavy (non-hydrogen) atoms. The maximum atomic E-state index is 12.9. The molecule has 1 rings (SSSR count). The van der Waals surface area contributed by atoms with E-state index in [-0.39, 0.29) is 11.7 Å². The van der Waals surface area contributed by atoms with Crippen LogP contribution in [0.2, 0.25) is 0 Å². The second kappa shape index (κ2) is 4.99. The van der Waals surface area contributed by atoms with Crippen LogP contribution >= 0.6 is 11.8 Å². The summed E-state index contributed by atoms with van der Waals surface area (Å²) in [6.45, 7) is 1.66. The fourth-order valence-electron chi connectivity index (χ4n) is 0.972. The van der Waals surface area contributed by atoms with Crippen molar-refractivity contribution in [2.45, 2.75) is 17.1 Å². The zero-order valence-corrected chi connectivity index (χ0v) is 8.98. The Morgan fingerprint density at radius 1 is 1.60 bits per heavy atom. The summed E-state index contributed by atoms with van der Waals surface area (Å²) in [5, 5.41) is -0.418. The Bertz CT molecular complexity index is 372. The zero-order chi connectivity index (χ0) is 11.4. The lowest BCUT2D eigenvalue weighted by molar-refractivity contribution is -0.120. The van der Waals surface area contributed by atoms with Gasteiger partial charge in [-0.25, -0.2) is 10.2 Å². The molecule has 1 amide bonds. The summed E-state index contributed by atoms with van der Waals surface area (Å²) in [5.74, 6) is 4.26. The molecule has 0 radical (unpaired) electrons. The van der Waals surface area contributed by atoms with E-state index >= 15 is 0 Å². The van der Waals surface area contributed by atoms with Gasteiger partial charge in [-0.15, -0.1) is 11.8 Å². The first-order valence-corrected chi connectivity index (χ1v) is 5.14. The third-order valence-corrected chi connectivity index (χ3v) is 2.97. The molecule has 0 spiro atoms. The number of hydrogen-bond donors (Lipinski definition) is 3. The first-order chi connectivity index (χ1) is 7.04. The fraction of sp³-hybridized carbons (Fsp3) is 0.222. The van der Waals surface area contributed by atoms with Crippen molar-refractivity contribution in [3.63, 3.8) is 0 Å². The van der Waals surface area contributed by atoms with E-state index in [1.807, 2.05) is 5.43 Å². The monoisotopic (exact) mass is 229 g/mol. The Hall–Kier alpha value is -1.27. The molecular weight excluding hydrogens is 217 g/mol. The summed E-state index contributed by atoms with van der Waals surface area (Å²) in [6.07, 6.45) is 0. The lowest BCUT2D eigenvalue weighted by atomic mass is 10.3. The highest BCUT2D eigenvalue weighted by atomic mass is 32.2. The maximum Gasteiger partial charge on any atom is 0.247 e. The number of carbonyl (C=O) groups excluding carboxylic acids is 1. The number of nitrogen functional groups attached to an aromatic ring is 1. The second-order valence-corrected chi connectivity index (χ2v) is 4.33. The molecule has 1 unspecified atom stereocenters. The summed E-state index contributed by atoms with van der Waals surface area (Å²) in [6, 6.07) is 4.03. The molecule has 0 saturated heterocycles. The molecule has 0 aliphatic rings. The molecule has 0 fully saturated rings. The lowest BCUT2D eigenvalue weighted by Gasteiger charge is -2.10. The predicted octanol–water partition coefficient (Wildman–Crippen LogP) is 0.878. The molecule has 1 atom stereocenters. The average Bonchev–Trinajstić information content (AvgIpc) is 2.22. The van der Waals surface area contributed by atoms with Gasteiger partial charge in [0.05, 0.1) is 5.25 Å². The van der Waals surface area contributed by atoms with E-state index < -0.39 is 5.25 Å². The summed E-state index contributed by atoms with van der Waals surface area (Å²) < 4.78 is 12.9. The number of halogens is 1. The van der Waals surface area contributed by atoms with Crippen LogP contribution in [0.25, 0.3) is 0 Å². The van der Waals surface area contributed by atoms with E-state index in [9.17, 15) is 9.18 Å². The van der Waals surface area contributed by atoms with E-state index in [0.29, 0.717) is 10.6 Å². The SMILES string of the molecule is CC(Sc1cc(F)ccc1N)C(=O)NN. The molecule has 0 saturated carbocycles. The minimum absolute atomic E-state index is 0.330. The van der Waals surface area contributed by atoms with Gasteiger partial charge in [-0.1, -0.05) is 0 Å². The van der Waals surface area contributed by atoms with Crippen molar-refractivity contribution in [1.82, 2.24) is 5.43 Å². The number of benzene rings is 1. The van der Waals surface area contributed by atoms with E-state index in [4.69, 9.17) is 11.6 Å². The van der Waals surface area contributed by atoms with E-state index in [2.05, 4.69) is 0 Å². The minimum atomic E-state index is -0.418. The second-order valence-electron chi connectivity index (χ2n) is 2.95. The van der Waals surface area contributed by atoms with Crippen LogP contribution in [0.4, 0.5) is 10.1 Å². The Morgan fingerprint density at radius 3 is 2.87 bits per heavy atom. The Morgan fingerprint density at radius 2 is 2.27 bits per heavy atom. The lowest BCUT2D eigenvalue weighted by Crippen LogP contribution is -2.36. The Labute approximate surface area is 91.2 Å². The van der Waals surface area contributed by atoms with Crippen LogP contribution in [0.3, 0.4) is 0 Å². The number of nitrogens with one attached hydrogen (secondary N) is 1. The number of nitrogens with two attached hydrogens (primary N) is 2. The predicted molar refractivity (Wildman–Crippen MR) is 58.5 cm³/mol. The van der Waals surface area contributed by atoms with Gasteiger partial charge >= 0.3 is 0 Å². The van der Waals surface area contributed by atoms with Crippen molar-refractivity contribution in [2.24, 2.45) is 5.84 Å². The van der Waals surface area contributed by atoms with E-state index in [0.717, 1.165) is 11.8 Å². The number of anilines is 1. The summed E-state index contributed by atoms with van der Waals surface area (Å²) in [5.41, 5.74) is 8.10. The molecule has 0 bridgehead atoms. The topological polar surface area (TPSA) is 81.1 Å². The summed E-state index contributed by atoms with van der Waals surface area (Å²) in [4.78, 5) is 11.7. The largest absolute Gasteiger partial charge is 0.398 e. The molecule has 4 nitrogen and oxygen atoms in total. The fourth-order valence-corrected chi connectivity index (χ4v) is 1.91. The van der Waals surface area contributed by atoms with Crippen LogP contribution in [0.15, 0.2) is 23.1 Å². The molecule has 82 valence electrons. The quantitative estimate of drug-likeness (QED) is 0.236. The molecule has 5 N–H and O–H groups in total.